The molecule has 3 aromatic rings. The van der Waals surface area contributed by atoms with Gasteiger partial charge in [0.05, 0.1) is 10.1 Å². The highest BCUT2D eigenvalue weighted by Crippen LogP contribution is 2.53. The van der Waals surface area contributed by atoms with Crippen LogP contribution in [0.1, 0.15) is 41.7 Å². The fraction of sp³-hybridized carbons (Fsp3) is 0.346. The molecule has 5 nitrogen and oxygen atoms in total. The molecule has 5 rings (SSSR count). The SMILES string of the molecule is Oc1ccc2c(c1)S[C@@H](c1ccncc1)[C@@H](c1ccc(OCCN3CCCCC3)cc1)O2. The van der Waals surface area contributed by atoms with Gasteiger partial charge in [-0.25, -0.2) is 0 Å². The molecule has 1 fully saturated rings. The van der Waals surface area contributed by atoms with Crippen molar-refractivity contribution in [2.24, 2.45) is 0 Å². The molecule has 1 saturated heterocycles. The van der Waals surface area contributed by atoms with Gasteiger partial charge in [0.25, 0.3) is 0 Å². The van der Waals surface area contributed by atoms with Crippen LogP contribution in [0.3, 0.4) is 0 Å². The van der Waals surface area contributed by atoms with Crippen LogP contribution in [0.2, 0.25) is 0 Å². The number of pyridine rings is 1. The molecule has 0 aliphatic carbocycles. The van der Waals surface area contributed by atoms with Crippen molar-refractivity contribution in [1.82, 2.24) is 9.88 Å². The van der Waals surface area contributed by atoms with E-state index in [2.05, 4.69) is 22.0 Å². The number of ether oxygens (including phenoxy) is 2. The zero-order valence-corrected chi connectivity index (χ0v) is 18.8. The minimum atomic E-state index is -0.151. The number of piperidine rings is 1. The first kappa shape index (κ1) is 21.2. The lowest BCUT2D eigenvalue weighted by atomic mass is 10.0. The van der Waals surface area contributed by atoms with Crippen LogP contribution in [0.15, 0.2) is 71.9 Å². The van der Waals surface area contributed by atoms with Crippen LogP contribution in [0.25, 0.3) is 0 Å². The number of aromatic hydroxyl groups is 1. The number of aromatic nitrogens is 1. The van der Waals surface area contributed by atoms with E-state index in [9.17, 15) is 5.11 Å². The molecule has 32 heavy (non-hydrogen) atoms. The van der Waals surface area contributed by atoms with Crippen LogP contribution in [0, 0.1) is 0 Å². The highest BCUT2D eigenvalue weighted by atomic mass is 32.2. The number of fused-ring (bicyclic) bond motifs is 1. The van der Waals surface area contributed by atoms with Crippen molar-refractivity contribution >= 4 is 11.8 Å². The normalized spacial score (nSPS) is 20.9. The minimum Gasteiger partial charge on any atom is -0.508 e. The number of phenolic OH excluding ortho intramolecular Hbond substituents is 1. The Labute approximate surface area is 193 Å². The number of nitrogens with zero attached hydrogens (tertiary/aromatic N) is 2. The largest absolute Gasteiger partial charge is 0.508 e. The minimum absolute atomic E-state index is 0.0539. The van der Waals surface area contributed by atoms with Crippen LogP contribution in [0.5, 0.6) is 17.2 Å². The predicted molar refractivity (Wildman–Crippen MR) is 127 cm³/mol. The monoisotopic (exact) mass is 448 g/mol. The summed E-state index contributed by atoms with van der Waals surface area (Å²) in [4.78, 5) is 7.59. The van der Waals surface area contributed by atoms with Gasteiger partial charge in [0.1, 0.15) is 30.0 Å². The lowest BCUT2D eigenvalue weighted by molar-refractivity contribution is 0.182. The molecule has 166 valence electrons. The summed E-state index contributed by atoms with van der Waals surface area (Å²) in [5, 5.41) is 9.97. The molecule has 0 radical (unpaired) electrons. The summed E-state index contributed by atoms with van der Waals surface area (Å²) in [5.41, 5.74) is 2.24. The molecule has 2 aromatic carbocycles. The lowest BCUT2D eigenvalue weighted by Gasteiger charge is -2.33. The first-order chi connectivity index (χ1) is 15.8. The summed E-state index contributed by atoms with van der Waals surface area (Å²) < 4.78 is 12.4. The Hall–Kier alpha value is -2.70. The molecule has 0 amide bonds. The van der Waals surface area contributed by atoms with E-state index >= 15 is 0 Å². The number of phenols is 1. The van der Waals surface area contributed by atoms with E-state index in [0.29, 0.717) is 6.61 Å². The summed E-state index contributed by atoms with van der Waals surface area (Å²) in [6, 6.07) is 17.6. The lowest BCUT2D eigenvalue weighted by Crippen LogP contribution is -2.33. The zero-order valence-electron chi connectivity index (χ0n) is 18.0. The average molecular weight is 449 g/mol. The second-order valence-corrected chi connectivity index (χ2v) is 9.49. The Morgan fingerprint density at radius 2 is 1.75 bits per heavy atom. The average Bonchev–Trinajstić information content (AvgIpc) is 2.85. The molecule has 0 spiro atoms. The third-order valence-electron chi connectivity index (χ3n) is 6.08. The van der Waals surface area contributed by atoms with Crippen molar-refractivity contribution < 1.29 is 14.6 Å². The highest BCUT2D eigenvalue weighted by molar-refractivity contribution is 7.99. The van der Waals surface area contributed by atoms with Crippen molar-refractivity contribution in [3.8, 4) is 17.2 Å². The van der Waals surface area contributed by atoms with Crippen molar-refractivity contribution in [3.05, 3.63) is 78.1 Å². The Balaban J connectivity index is 1.31. The molecular weight excluding hydrogens is 420 g/mol. The van der Waals surface area contributed by atoms with Gasteiger partial charge in [-0.2, -0.15) is 0 Å². The third kappa shape index (κ3) is 4.87. The number of hydrogen-bond donors (Lipinski definition) is 1. The molecular formula is C26H28N2O3S. The van der Waals surface area contributed by atoms with E-state index in [-0.39, 0.29) is 17.1 Å². The first-order valence-electron chi connectivity index (χ1n) is 11.3. The van der Waals surface area contributed by atoms with Crippen molar-refractivity contribution in [2.75, 3.05) is 26.2 Å². The number of benzene rings is 2. The van der Waals surface area contributed by atoms with Gasteiger partial charge in [-0.05, 0) is 79.5 Å². The van der Waals surface area contributed by atoms with Crippen molar-refractivity contribution in [2.45, 2.75) is 35.5 Å². The standard InChI is InChI=1S/C26H28N2O3S/c29-21-6-9-23-24(18-21)32-26(20-10-12-27-13-11-20)25(31-23)19-4-7-22(8-5-19)30-17-16-28-14-2-1-3-15-28/h4-13,18,25-26,29H,1-3,14-17H2/t25-,26+/m1/s1. The second kappa shape index (κ2) is 9.84. The van der Waals surface area contributed by atoms with E-state index in [4.69, 9.17) is 9.47 Å². The number of likely N-dealkylation sites (tertiary alicyclic amines) is 1. The highest BCUT2D eigenvalue weighted by Gasteiger charge is 2.33. The molecule has 2 aliphatic heterocycles. The maximum atomic E-state index is 9.92. The van der Waals surface area contributed by atoms with Gasteiger partial charge in [-0.3, -0.25) is 9.88 Å². The molecule has 1 aromatic heterocycles. The molecule has 2 aliphatic rings. The third-order valence-corrected chi connectivity index (χ3v) is 7.42. The van der Waals surface area contributed by atoms with E-state index in [1.807, 2.05) is 42.7 Å². The van der Waals surface area contributed by atoms with Gasteiger partial charge in [0, 0.05) is 18.9 Å². The Morgan fingerprint density at radius 1 is 0.969 bits per heavy atom. The number of thioether (sulfide) groups is 1. The molecule has 1 N–H and O–H groups in total. The van der Waals surface area contributed by atoms with Crippen molar-refractivity contribution in [3.63, 3.8) is 0 Å². The van der Waals surface area contributed by atoms with Crippen LogP contribution in [0.4, 0.5) is 0 Å². The van der Waals surface area contributed by atoms with Crippen molar-refractivity contribution in [1.29, 1.82) is 0 Å². The summed E-state index contributed by atoms with van der Waals surface area (Å²) in [6.07, 6.45) is 7.42. The maximum Gasteiger partial charge on any atom is 0.140 e. The Kier molecular flexibility index (Phi) is 6.51. The molecule has 0 bridgehead atoms. The summed E-state index contributed by atoms with van der Waals surface area (Å²) >= 11 is 1.71. The first-order valence-corrected chi connectivity index (χ1v) is 12.2. The fourth-order valence-electron chi connectivity index (χ4n) is 4.35. The van der Waals surface area contributed by atoms with E-state index in [1.165, 1.54) is 32.4 Å². The molecule has 6 heteroatoms. The molecule has 3 heterocycles. The second-order valence-electron chi connectivity index (χ2n) is 8.31. The summed E-state index contributed by atoms with van der Waals surface area (Å²) in [7, 11) is 0. The topological polar surface area (TPSA) is 54.8 Å². The van der Waals surface area contributed by atoms with Gasteiger partial charge >= 0.3 is 0 Å². The van der Waals surface area contributed by atoms with Gasteiger partial charge in [0.2, 0.25) is 0 Å². The van der Waals surface area contributed by atoms with E-state index in [0.717, 1.165) is 34.1 Å². The summed E-state index contributed by atoms with van der Waals surface area (Å²) in [6.45, 7) is 4.08. The van der Waals surface area contributed by atoms with Gasteiger partial charge in [-0.1, -0.05) is 18.6 Å². The van der Waals surface area contributed by atoms with Gasteiger partial charge in [-0.15, -0.1) is 11.8 Å². The quantitative estimate of drug-likeness (QED) is 0.528. The van der Waals surface area contributed by atoms with Gasteiger partial charge in [0.15, 0.2) is 0 Å². The summed E-state index contributed by atoms with van der Waals surface area (Å²) in [5.74, 6) is 1.93. The fourth-order valence-corrected chi connectivity index (χ4v) is 5.68. The van der Waals surface area contributed by atoms with E-state index in [1.54, 1.807) is 23.9 Å². The smallest absolute Gasteiger partial charge is 0.140 e. The van der Waals surface area contributed by atoms with Gasteiger partial charge < -0.3 is 14.6 Å². The van der Waals surface area contributed by atoms with Crippen LogP contribution < -0.4 is 9.47 Å². The molecule has 0 unspecified atom stereocenters. The Bertz CT molecular complexity index is 1020. The predicted octanol–water partition coefficient (Wildman–Crippen LogP) is 5.62. The molecule has 2 atom stereocenters. The van der Waals surface area contributed by atoms with Crippen LogP contribution in [-0.4, -0.2) is 41.2 Å². The van der Waals surface area contributed by atoms with Crippen LogP contribution >= 0.6 is 11.8 Å². The Morgan fingerprint density at radius 3 is 2.53 bits per heavy atom. The number of hydrogen-bond acceptors (Lipinski definition) is 6. The maximum absolute atomic E-state index is 9.92. The zero-order chi connectivity index (χ0) is 21.8. The van der Waals surface area contributed by atoms with Crippen LogP contribution in [-0.2, 0) is 0 Å². The van der Waals surface area contributed by atoms with E-state index < -0.39 is 0 Å². The number of rotatable bonds is 6. The molecule has 0 saturated carbocycles.